The van der Waals surface area contributed by atoms with Gasteiger partial charge in [-0.25, -0.2) is 17.5 Å². The summed E-state index contributed by atoms with van der Waals surface area (Å²) in [5, 5.41) is 0. The fourth-order valence-corrected chi connectivity index (χ4v) is 4.50. The minimum atomic E-state index is -3.76. The number of ether oxygens (including phenoxy) is 3. The molecule has 1 aliphatic rings. The molecule has 0 aliphatic carbocycles. The van der Waals surface area contributed by atoms with Gasteiger partial charge in [-0.3, -0.25) is 4.79 Å². The number of carbonyl (C=O) groups excluding carboxylic acids is 2. The number of Topliss-reactive ketones (excluding diaryl/α,β-unsaturated/α-hetero) is 1. The molecule has 1 aliphatic heterocycles. The molecule has 30 heavy (non-hydrogen) atoms. The lowest BCUT2D eigenvalue weighted by molar-refractivity contribution is 0.0474. The van der Waals surface area contributed by atoms with Gasteiger partial charge in [0.1, 0.15) is 0 Å². The van der Waals surface area contributed by atoms with Gasteiger partial charge in [0.2, 0.25) is 10.0 Å². The second-order valence-corrected chi connectivity index (χ2v) is 9.62. The van der Waals surface area contributed by atoms with Crippen LogP contribution in [0.25, 0.3) is 0 Å². The maximum Gasteiger partial charge on any atom is 0.338 e. The highest BCUT2D eigenvalue weighted by Gasteiger charge is 2.23. The summed E-state index contributed by atoms with van der Waals surface area (Å²) >= 11 is 3.18. The van der Waals surface area contributed by atoms with E-state index in [1.54, 1.807) is 18.2 Å². The average Bonchev–Trinajstić information content (AvgIpc) is 2.96. The van der Waals surface area contributed by atoms with E-state index in [0.29, 0.717) is 34.7 Å². The summed E-state index contributed by atoms with van der Waals surface area (Å²) in [6.07, 6.45) is 0.744. The second-order valence-electron chi connectivity index (χ2n) is 6.64. The summed E-state index contributed by atoms with van der Waals surface area (Å²) in [6.45, 7) is 0.530. The molecule has 1 heterocycles. The van der Waals surface area contributed by atoms with Gasteiger partial charge in [0.25, 0.3) is 0 Å². The van der Waals surface area contributed by atoms with Crippen molar-refractivity contribution in [3.05, 3.63) is 52.0 Å². The number of sulfonamides is 1. The van der Waals surface area contributed by atoms with E-state index in [-0.39, 0.29) is 10.5 Å². The molecule has 0 fully saturated rings. The quantitative estimate of drug-likeness (QED) is 0.446. The molecular formula is C20H20BrNO7S. The fraction of sp³-hybridized carbons (Fsp3) is 0.300. The van der Waals surface area contributed by atoms with E-state index in [9.17, 15) is 18.0 Å². The van der Waals surface area contributed by atoms with Gasteiger partial charge in [-0.2, -0.15) is 0 Å². The van der Waals surface area contributed by atoms with Crippen molar-refractivity contribution in [3.8, 4) is 11.5 Å². The Morgan fingerprint density at radius 2 is 1.70 bits per heavy atom. The lowest BCUT2D eigenvalue weighted by Crippen LogP contribution is -2.23. The van der Waals surface area contributed by atoms with E-state index in [0.717, 1.165) is 10.7 Å². The first-order valence-corrected chi connectivity index (χ1v) is 11.3. The van der Waals surface area contributed by atoms with E-state index >= 15 is 0 Å². The Kier molecular flexibility index (Phi) is 6.79. The normalized spacial score (nSPS) is 13.6. The van der Waals surface area contributed by atoms with Crippen LogP contribution in [0.1, 0.15) is 27.1 Å². The van der Waals surface area contributed by atoms with Gasteiger partial charge in [-0.15, -0.1) is 0 Å². The number of nitrogens with zero attached hydrogens (tertiary/aromatic N) is 1. The molecule has 0 N–H and O–H groups in total. The van der Waals surface area contributed by atoms with Crippen molar-refractivity contribution in [1.29, 1.82) is 0 Å². The van der Waals surface area contributed by atoms with Crippen LogP contribution in [0.2, 0.25) is 0 Å². The van der Waals surface area contributed by atoms with Crippen LogP contribution >= 0.6 is 15.9 Å². The topological polar surface area (TPSA) is 99.2 Å². The van der Waals surface area contributed by atoms with Gasteiger partial charge in [-0.1, -0.05) is 0 Å². The maximum absolute atomic E-state index is 12.4. The Hall–Kier alpha value is -2.43. The molecule has 0 radical (unpaired) electrons. The lowest BCUT2D eigenvalue weighted by atomic mass is 10.1. The summed E-state index contributed by atoms with van der Waals surface area (Å²) in [6, 6.07) is 8.84. The number of benzene rings is 2. The van der Waals surface area contributed by atoms with Crippen LogP contribution in [-0.2, 0) is 14.8 Å². The zero-order valence-electron chi connectivity index (χ0n) is 16.4. The van der Waals surface area contributed by atoms with Crippen molar-refractivity contribution in [2.45, 2.75) is 11.3 Å². The van der Waals surface area contributed by atoms with Crippen LogP contribution in [0.15, 0.2) is 45.8 Å². The van der Waals surface area contributed by atoms with Gasteiger partial charge in [0, 0.05) is 30.6 Å². The van der Waals surface area contributed by atoms with Crippen LogP contribution in [0.4, 0.5) is 0 Å². The van der Waals surface area contributed by atoms with Crippen molar-refractivity contribution in [1.82, 2.24) is 4.31 Å². The predicted octanol–water partition coefficient (Wildman–Crippen LogP) is 2.90. The van der Waals surface area contributed by atoms with Gasteiger partial charge in [-0.05, 0) is 52.3 Å². The SMILES string of the molecule is CN(C)S(=O)(=O)c1cc(C(=O)OCC(=O)c2ccc3c(c2)OCCCO3)ccc1Br. The Labute approximate surface area is 182 Å². The highest BCUT2D eigenvalue weighted by Crippen LogP contribution is 2.30. The van der Waals surface area contributed by atoms with Crippen molar-refractivity contribution in [3.63, 3.8) is 0 Å². The lowest BCUT2D eigenvalue weighted by Gasteiger charge is -2.14. The van der Waals surface area contributed by atoms with Gasteiger partial charge in [0.05, 0.1) is 23.7 Å². The molecule has 0 amide bonds. The molecule has 0 bridgehead atoms. The first-order valence-electron chi connectivity index (χ1n) is 9.02. The monoisotopic (exact) mass is 497 g/mol. The van der Waals surface area contributed by atoms with E-state index < -0.39 is 28.4 Å². The first-order chi connectivity index (χ1) is 14.2. The molecule has 0 atom stereocenters. The predicted molar refractivity (Wildman–Crippen MR) is 112 cm³/mol. The Morgan fingerprint density at radius 3 is 2.40 bits per heavy atom. The van der Waals surface area contributed by atoms with Crippen LogP contribution in [-0.4, -0.2) is 58.4 Å². The second kappa shape index (κ2) is 9.15. The van der Waals surface area contributed by atoms with Crippen molar-refractivity contribution in [2.75, 3.05) is 33.9 Å². The van der Waals surface area contributed by atoms with Crippen LogP contribution in [0, 0.1) is 0 Å². The van der Waals surface area contributed by atoms with E-state index in [2.05, 4.69) is 15.9 Å². The highest BCUT2D eigenvalue weighted by molar-refractivity contribution is 9.10. The number of ketones is 1. The third-order valence-electron chi connectivity index (χ3n) is 4.33. The summed E-state index contributed by atoms with van der Waals surface area (Å²) in [5.74, 6) is -0.195. The molecule has 0 saturated carbocycles. The standard InChI is InChI=1S/C20H20BrNO7S/c1-22(2)30(25,26)19-11-14(4-6-15(19)21)20(24)29-12-16(23)13-5-7-17-18(10-13)28-9-3-8-27-17/h4-7,10-11H,3,8-9,12H2,1-2H3. The molecule has 8 nitrogen and oxygen atoms in total. The van der Waals surface area contributed by atoms with E-state index in [1.807, 2.05) is 0 Å². The highest BCUT2D eigenvalue weighted by atomic mass is 79.9. The minimum Gasteiger partial charge on any atom is -0.490 e. The van der Waals surface area contributed by atoms with E-state index in [4.69, 9.17) is 14.2 Å². The summed E-state index contributed by atoms with van der Waals surface area (Å²) in [7, 11) is -0.984. The maximum atomic E-state index is 12.4. The molecule has 10 heteroatoms. The number of hydrogen-bond acceptors (Lipinski definition) is 7. The molecule has 0 aromatic heterocycles. The van der Waals surface area contributed by atoms with Gasteiger partial charge in [0.15, 0.2) is 23.9 Å². The summed E-state index contributed by atoms with van der Waals surface area (Å²) < 4.78 is 42.3. The zero-order chi connectivity index (χ0) is 21.9. The third kappa shape index (κ3) is 4.82. The number of halogens is 1. The third-order valence-corrected chi connectivity index (χ3v) is 7.14. The number of esters is 1. The number of fused-ring (bicyclic) bond motifs is 1. The Bertz CT molecular complexity index is 1080. The van der Waals surface area contributed by atoms with Gasteiger partial charge >= 0.3 is 5.97 Å². The largest absolute Gasteiger partial charge is 0.490 e. The first kappa shape index (κ1) is 22.3. The Balaban J connectivity index is 1.72. The molecule has 2 aromatic rings. The Morgan fingerprint density at radius 1 is 1.03 bits per heavy atom. The molecule has 160 valence electrons. The number of hydrogen-bond donors (Lipinski definition) is 0. The number of carbonyl (C=O) groups is 2. The molecular weight excluding hydrogens is 478 g/mol. The van der Waals surface area contributed by atoms with Gasteiger partial charge < -0.3 is 14.2 Å². The molecule has 2 aromatic carbocycles. The van der Waals surface area contributed by atoms with Crippen LogP contribution in [0.5, 0.6) is 11.5 Å². The van der Waals surface area contributed by atoms with Crippen LogP contribution in [0.3, 0.4) is 0 Å². The van der Waals surface area contributed by atoms with Crippen molar-refractivity contribution >= 4 is 37.7 Å². The van der Waals surface area contributed by atoms with Crippen LogP contribution < -0.4 is 9.47 Å². The fourth-order valence-electron chi connectivity index (χ4n) is 2.66. The average molecular weight is 498 g/mol. The minimum absolute atomic E-state index is 0.0186. The molecule has 0 spiro atoms. The van der Waals surface area contributed by atoms with Crippen molar-refractivity contribution in [2.24, 2.45) is 0 Å². The molecule has 0 saturated heterocycles. The summed E-state index contributed by atoms with van der Waals surface area (Å²) in [5.41, 5.74) is 0.337. The molecule has 3 rings (SSSR count). The number of rotatable bonds is 6. The molecule has 0 unspecified atom stereocenters. The smallest absolute Gasteiger partial charge is 0.338 e. The summed E-state index contributed by atoms with van der Waals surface area (Å²) in [4.78, 5) is 24.7. The van der Waals surface area contributed by atoms with Crippen molar-refractivity contribution < 1.29 is 32.2 Å². The zero-order valence-corrected chi connectivity index (χ0v) is 18.8. The van der Waals surface area contributed by atoms with E-state index in [1.165, 1.54) is 32.3 Å².